The van der Waals surface area contributed by atoms with Crippen molar-refractivity contribution in [3.05, 3.63) is 23.8 Å². The number of aromatic hydroxyl groups is 2. The molecule has 1 rings (SSSR count). The van der Waals surface area contributed by atoms with E-state index in [0.717, 1.165) is 0 Å². The van der Waals surface area contributed by atoms with E-state index in [1.807, 2.05) is 0 Å². The lowest BCUT2D eigenvalue weighted by Crippen LogP contribution is -2.27. The van der Waals surface area contributed by atoms with Crippen molar-refractivity contribution in [1.29, 1.82) is 0 Å². The molecule has 0 saturated heterocycles. The molecule has 5 nitrogen and oxygen atoms in total. The van der Waals surface area contributed by atoms with Gasteiger partial charge >= 0.3 is 0 Å². The molecular weight excluding hydrogens is 184 g/mol. The second-order valence-corrected chi connectivity index (χ2v) is 2.92. The Labute approximate surface area is 81.8 Å². The van der Waals surface area contributed by atoms with Gasteiger partial charge in [-0.25, -0.2) is 0 Å². The maximum Gasteiger partial charge on any atom is 0.157 e. The maximum atomic E-state index is 9.56. The summed E-state index contributed by atoms with van der Waals surface area (Å²) < 4.78 is 0. The summed E-state index contributed by atoms with van der Waals surface area (Å²) in [4.78, 5) is 0. The average molecular weight is 198 g/mol. The normalized spacial score (nSPS) is 12.7. The van der Waals surface area contributed by atoms with Crippen LogP contribution in [0.25, 0.3) is 0 Å². The summed E-state index contributed by atoms with van der Waals surface area (Å²) in [6, 6.07) is 4.19. The number of phenolic OH excluding ortho intramolecular Hbond substituents is 2. The molecule has 0 amide bonds. The highest BCUT2D eigenvalue weighted by Crippen LogP contribution is 2.27. The zero-order chi connectivity index (χ0) is 10.6. The van der Waals surface area contributed by atoms with Crippen LogP contribution < -0.4 is 11.1 Å². The van der Waals surface area contributed by atoms with Gasteiger partial charge < -0.3 is 26.4 Å². The Morgan fingerprint density at radius 3 is 2.57 bits per heavy atom. The minimum atomic E-state index is -0.745. The fraction of sp³-hybridized carbons (Fsp3) is 0.333. The van der Waals surface area contributed by atoms with Gasteiger partial charge in [0, 0.05) is 13.2 Å². The number of aliphatic hydroxyl groups excluding tert-OH is 1. The molecule has 1 aromatic carbocycles. The molecule has 1 atom stereocenters. The smallest absolute Gasteiger partial charge is 0.157 e. The van der Waals surface area contributed by atoms with Crippen LogP contribution in [0.3, 0.4) is 0 Å². The van der Waals surface area contributed by atoms with Gasteiger partial charge in [0.2, 0.25) is 0 Å². The van der Waals surface area contributed by atoms with Gasteiger partial charge in [-0.1, -0.05) is 6.07 Å². The van der Waals surface area contributed by atoms with Crippen LogP contribution in [0.2, 0.25) is 0 Å². The third kappa shape index (κ3) is 2.59. The Morgan fingerprint density at radius 2 is 2.00 bits per heavy atom. The van der Waals surface area contributed by atoms with E-state index >= 15 is 0 Å². The molecule has 0 spiro atoms. The van der Waals surface area contributed by atoms with E-state index in [2.05, 4.69) is 5.32 Å². The summed E-state index contributed by atoms with van der Waals surface area (Å²) in [5, 5.41) is 30.5. The molecule has 78 valence electrons. The Morgan fingerprint density at radius 1 is 1.29 bits per heavy atom. The molecule has 0 saturated carbocycles. The van der Waals surface area contributed by atoms with Gasteiger partial charge in [0.05, 0.1) is 6.10 Å². The van der Waals surface area contributed by atoms with Gasteiger partial charge in [0.25, 0.3) is 0 Å². The molecule has 1 aromatic rings. The SMILES string of the molecule is NCNCC(O)c1ccc(O)c(O)c1. The van der Waals surface area contributed by atoms with Crippen LogP contribution >= 0.6 is 0 Å². The van der Waals surface area contributed by atoms with Crippen LogP contribution in [0.4, 0.5) is 0 Å². The predicted molar refractivity (Wildman–Crippen MR) is 51.8 cm³/mol. The van der Waals surface area contributed by atoms with E-state index in [1.165, 1.54) is 18.2 Å². The van der Waals surface area contributed by atoms with Crippen molar-refractivity contribution >= 4 is 0 Å². The number of phenols is 2. The lowest BCUT2D eigenvalue weighted by molar-refractivity contribution is 0.175. The second-order valence-electron chi connectivity index (χ2n) is 2.92. The van der Waals surface area contributed by atoms with E-state index in [4.69, 9.17) is 15.9 Å². The van der Waals surface area contributed by atoms with Crippen molar-refractivity contribution in [2.24, 2.45) is 5.73 Å². The van der Waals surface area contributed by atoms with Crippen LogP contribution in [0.15, 0.2) is 18.2 Å². The average Bonchev–Trinajstić information content (AvgIpc) is 2.18. The minimum absolute atomic E-state index is 0.201. The quantitative estimate of drug-likeness (QED) is 0.336. The predicted octanol–water partition coefficient (Wildman–Crippen LogP) is -0.363. The van der Waals surface area contributed by atoms with E-state index in [0.29, 0.717) is 12.1 Å². The molecular formula is C9H14N2O3. The molecule has 0 aliphatic rings. The van der Waals surface area contributed by atoms with E-state index < -0.39 is 6.10 Å². The van der Waals surface area contributed by atoms with Crippen molar-refractivity contribution in [2.45, 2.75) is 6.10 Å². The van der Waals surface area contributed by atoms with Crippen molar-refractivity contribution < 1.29 is 15.3 Å². The Hall–Kier alpha value is -1.30. The molecule has 1 unspecified atom stereocenters. The number of hydrogen-bond donors (Lipinski definition) is 5. The van der Waals surface area contributed by atoms with Gasteiger partial charge in [-0.3, -0.25) is 0 Å². The first-order chi connectivity index (χ1) is 6.65. The van der Waals surface area contributed by atoms with E-state index in [9.17, 15) is 5.11 Å². The number of nitrogens with one attached hydrogen (secondary N) is 1. The standard InChI is InChI=1S/C9H14N2O3/c10-5-11-4-9(14)6-1-2-7(12)8(13)3-6/h1-3,9,11-14H,4-5,10H2. The van der Waals surface area contributed by atoms with Crippen LogP contribution in [0.5, 0.6) is 11.5 Å². The number of nitrogens with two attached hydrogens (primary N) is 1. The summed E-state index contributed by atoms with van der Waals surface area (Å²) in [5.41, 5.74) is 5.73. The molecule has 0 radical (unpaired) electrons. The highest BCUT2D eigenvalue weighted by molar-refractivity contribution is 5.41. The first kappa shape index (κ1) is 10.8. The molecule has 0 heterocycles. The molecule has 0 aromatic heterocycles. The summed E-state index contributed by atoms with van der Waals surface area (Å²) in [7, 11) is 0. The van der Waals surface area contributed by atoms with Crippen molar-refractivity contribution in [3.63, 3.8) is 0 Å². The summed E-state index contributed by atoms with van der Waals surface area (Å²) in [5.74, 6) is -0.443. The number of rotatable bonds is 4. The zero-order valence-corrected chi connectivity index (χ0v) is 7.64. The van der Waals surface area contributed by atoms with E-state index in [-0.39, 0.29) is 18.2 Å². The van der Waals surface area contributed by atoms with Crippen LogP contribution in [-0.4, -0.2) is 28.5 Å². The Balaban J connectivity index is 2.70. The van der Waals surface area contributed by atoms with Crippen molar-refractivity contribution in [3.8, 4) is 11.5 Å². The number of aliphatic hydroxyl groups is 1. The first-order valence-electron chi connectivity index (χ1n) is 4.26. The Bertz CT molecular complexity index is 304. The molecule has 5 heteroatoms. The molecule has 6 N–H and O–H groups in total. The molecule has 0 bridgehead atoms. The topological polar surface area (TPSA) is 98.7 Å². The number of benzene rings is 1. The fourth-order valence-electron chi connectivity index (χ4n) is 1.09. The van der Waals surface area contributed by atoms with Gasteiger partial charge in [0.1, 0.15) is 0 Å². The second kappa shape index (κ2) is 4.80. The third-order valence-electron chi connectivity index (χ3n) is 1.87. The maximum absolute atomic E-state index is 9.56. The zero-order valence-electron chi connectivity index (χ0n) is 7.64. The lowest BCUT2D eigenvalue weighted by Gasteiger charge is -2.11. The van der Waals surface area contributed by atoms with Gasteiger partial charge in [-0.15, -0.1) is 0 Å². The Kier molecular flexibility index (Phi) is 3.70. The summed E-state index contributed by atoms with van der Waals surface area (Å²) >= 11 is 0. The first-order valence-corrected chi connectivity index (χ1v) is 4.26. The summed E-state index contributed by atoms with van der Waals surface area (Å²) in [6.45, 7) is 0.585. The van der Waals surface area contributed by atoms with Crippen molar-refractivity contribution in [2.75, 3.05) is 13.2 Å². The minimum Gasteiger partial charge on any atom is -0.504 e. The van der Waals surface area contributed by atoms with Gasteiger partial charge in [-0.2, -0.15) is 0 Å². The third-order valence-corrected chi connectivity index (χ3v) is 1.87. The van der Waals surface area contributed by atoms with Crippen LogP contribution in [-0.2, 0) is 0 Å². The van der Waals surface area contributed by atoms with Gasteiger partial charge in [0.15, 0.2) is 11.5 Å². The monoisotopic (exact) mass is 198 g/mol. The highest BCUT2D eigenvalue weighted by Gasteiger charge is 2.08. The van der Waals surface area contributed by atoms with Crippen LogP contribution in [0, 0.1) is 0 Å². The lowest BCUT2D eigenvalue weighted by atomic mass is 10.1. The van der Waals surface area contributed by atoms with Crippen LogP contribution in [0.1, 0.15) is 11.7 Å². The molecule has 14 heavy (non-hydrogen) atoms. The summed E-state index contributed by atoms with van der Waals surface area (Å²) in [6.07, 6.45) is -0.745. The number of hydrogen-bond acceptors (Lipinski definition) is 5. The fourth-order valence-corrected chi connectivity index (χ4v) is 1.09. The molecule has 0 fully saturated rings. The van der Waals surface area contributed by atoms with Crippen molar-refractivity contribution in [1.82, 2.24) is 5.32 Å². The molecule has 0 aliphatic carbocycles. The largest absolute Gasteiger partial charge is 0.504 e. The van der Waals surface area contributed by atoms with E-state index in [1.54, 1.807) is 0 Å². The molecule has 0 aliphatic heterocycles. The highest BCUT2D eigenvalue weighted by atomic mass is 16.3. The van der Waals surface area contributed by atoms with Gasteiger partial charge in [-0.05, 0) is 17.7 Å².